The second-order valence-corrected chi connectivity index (χ2v) is 8.81. The minimum absolute atomic E-state index is 0.0570. The van der Waals surface area contributed by atoms with Gasteiger partial charge in [-0.05, 0) is 55.5 Å². The van der Waals surface area contributed by atoms with Crippen LogP contribution >= 0.6 is 0 Å². The van der Waals surface area contributed by atoms with E-state index in [1.807, 2.05) is 36.4 Å². The van der Waals surface area contributed by atoms with Crippen LogP contribution < -0.4 is 10.6 Å². The maximum atomic E-state index is 13.5. The van der Waals surface area contributed by atoms with E-state index in [-0.39, 0.29) is 17.9 Å². The van der Waals surface area contributed by atoms with Crippen molar-refractivity contribution in [2.24, 2.45) is 5.92 Å². The normalized spacial score (nSPS) is 27.9. The van der Waals surface area contributed by atoms with Crippen molar-refractivity contribution < 1.29 is 9.59 Å². The molecule has 2 N–H and O–H groups in total. The maximum absolute atomic E-state index is 13.5. The maximum Gasteiger partial charge on any atom is 0.250 e. The lowest BCUT2D eigenvalue weighted by Crippen LogP contribution is -2.53. The lowest BCUT2D eigenvalue weighted by Gasteiger charge is -2.36. The Labute approximate surface area is 171 Å². The van der Waals surface area contributed by atoms with Gasteiger partial charge < -0.3 is 10.6 Å². The predicted octanol–water partition coefficient (Wildman–Crippen LogP) is 4.08. The molecule has 2 amide bonds. The summed E-state index contributed by atoms with van der Waals surface area (Å²) in [7, 11) is 0. The standard InChI is InChI=1S/C24H27N3O2/c1-15(2)16-9-11-17(12-10-16)25-22(28)20-14-18-6-5-13-27(18)24(20)19-7-3-4-8-21(19)26-23(24)29/h3-4,7-12,15,18,20H,5-6,13-14H2,1-2H3,(H,25,28)(H,26,29). The van der Waals surface area contributed by atoms with E-state index in [2.05, 4.69) is 41.5 Å². The largest absolute Gasteiger partial charge is 0.326 e. The van der Waals surface area contributed by atoms with E-state index in [1.54, 1.807) is 0 Å². The molecular weight excluding hydrogens is 362 g/mol. The van der Waals surface area contributed by atoms with Gasteiger partial charge in [-0.15, -0.1) is 0 Å². The third-order valence-corrected chi connectivity index (χ3v) is 6.94. The van der Waals surface area contributed by atoms with Crippen molar-refractivity contribution in [2.75, 3.05) is 17.2 Å². The highest BCUT2D eigenvalue weighted by molar-refractivity contribution is 6.10. The van der Waals surface area contributed by atoms with E-state index in [4.69, 9.17) is 0 Å². The van der Waals surface area contributed by atoms with Crippen LogP contribution in [0.25, 0.3) is 0 Å². The SMILES string of the molecule is CC(C)c1ccc(NC(=O)C2CC3CCCN3C23C(=O)Nc2ccccc23)cc1. The van der Waals surface area contributed by atoms with E-state index in [0.29, 0.717) is 5.92 Å². The van der Waals surface area contributed by atoms with Crippen molar-refractivity contribution in [2.45, 2.75) is 50.6 Å². The molecule has 0 bridgehead atoms. The number of para-hydroxylation sites is 1. The van der Waals surface area contributed by atoms with Crippen LogP contribution in [0.15, 0.2) is 48.5 Å². The average Bonchev–Trinajstić information content (AvgIpc) is 3.37. The van der Waals surface area contributed by atoms with Gasteiger partial charge in [0.05, 0.1) is 5.92 Å². The summed E-state index contributed by atoms with van der Waals surface area (Å²) in [5.41, 5.74) is 2.92. The Hall–Kier alpha value is -2.66. The molecule has 2 aromatic carbocycles. The minimum Gasteiger partial charge on any atom is -0.326 e. The number of hydrogen-bond donors (Lipinski definition) is 2. The fourth-order valence-corrected chi connectivity index (χ4v) is 5.56. The molecule has 0 saturated carbocycles. The van der Waals surface area contributed by atoms with Gasteiger partial charge in [0.2, 0.25) is 11.8 Å². The summed E-state index contributed by atoms with van der Waals surface area (Å²) in [6.45, 7) is 5.16. The molecule has 0 radical (unpaired) electrons. The Morgan fingerprint density at radius 2 is 1.93 bits per heavy atom. The third kappa shape index (κ3) is 2.64. The molecule has 150 valence electrons. The van der Waals surface area contributed by atoms with E-state index in [1.165, 1.54) is 5.56 Å². The number of hydrogen-bond acceptors (Lipinski definition) is 3. The summed E-state index contributed by atoms with van der Waals surface area (Å²) in [5, 5.41) is 6.15. The van der Waals surface area contributed by atoms with E-state index in [0.717, 1.165) is 42.7 Å². The Bertz CT molecular complexity index is 968. The molecule has 3 heterocycles. The Morgan fingerprint density at radius 1 is 1.17 bits per heavy atom. The molecule has 0 aromatic heterocycles. The summed E-state index contributed by atoms with van der Waals surface area (Å²) < 4.78 is 0. The first-order valence-corrected chi connectivity index (χ1v) is 10.6. The molecule has 2 aromatic rings. The molecule has 3 aliphatic heterocycles. The number of carbonyl (C=O) groups excluding carboxylic acids is 2. The van der Waals surface area contributed by atoms with Crippen LogP contribution in [0, 0.1) is 5.92 Å². The number of fused-ring (bicyclic) bond motifs is 4. The van der Waals surface area contributed by atoms with E-state index < -0.39 is 11.5 Å². The second-order valence-electron chi connectivity index (χ2n) is 8.81. The highest BCUT2D eigenvalue weighted by atomic mass is 16.2. The quantitative estimate of drug-likeness (QED) is 0.832. The monoisotopic (exact) mass is 389 g/mol. The van der Waals surface area contributed by atoms with Crippen LogP contribution in [0.4, 0.5) is 11.4 Å². The van der Waals surface area contributed by atoms with Gasteiger partial charge in [-0.2, -0.15) is 0 Å². The topological polar surface area (TPSA) is 61.4 Å². The molecule has 1 spiro atoms. The van der Waals surface area contributed by atoms with Gasteiger partial charge in [-0.3, -0.25) is 14.5 Å². The fourth-order valence-electron chi connectivity index (χ4n) is 5.56. The van der Waals surface area contributed by atoms with E-state index in [9.17, 15) is 9.59 Å². The lowest BCUT2D eigenvalue weighted by molar-refractivity contribution is -0.135. The predicted molar refractivity (Wildman–Crippen MR) is 114 cm³/mol. The second kappa shape index (κ2) is 6.70. The summed E-state index contributed by atoms with van der Waals surface area (Å²) in [6, 6.07) is 16.1. The number of amides is 2. The summed E-state index contributed by atoms with van der Waals surface area (Å²) in [4.78, 5) is 29.1. The van der Waals surface area contributed by atoms with Gasteiger partial charge in [0, 0.05) is 23.0 Å². The molecule has 0 aliphatic carbocycles. The number of anilines is 2. The number of nitrogens with one attached hydrogen (secondary N) is 2. The van der Waals surface area contributed by atoms with Crippen molar-refractivity contribution in [3.63, 3.8) is 0 Å². The Kier molecular flexibility index (Phi) is 4.24. The van der Waals surface area contributed by atoms with Gasteiger partial charge >= 0.3 is 0 Å². The molecule has 5 nitrogen and oxygen atoms in total. The third-order valence-electron chi connectivity index (χ3n) is 6.94. The Balaban J connectivity index is 1.50. The molecular formula is C24H27N3O2. The van der Waals surface area contributed by atoms with Gasteiger partial charge in [0.15, 0.2) is 0 Å². The van der Waals surface area contributed by atoms with Crippen LogP contribution in [0.2, 0.25) is 0 Å². The zero-order valence-corrected chi connectivity index (χ0v) is 16.9. The highest BCUT2D eigenvalue weighted by Crippen LogP contribution is 2.55. The van der Waals surface area contributed by atoms with E-state index >= 15 is 0 Å². The zero-order chi connectivity index (χ0) is 20.2. The minimum atomic E-state index is -0.889. The first-order chi connectivity index (χ1) is 14.0. The van der Waals surface area contributed by atoms with Gasteiger partial charge in [-0.1, -0.05) is 44.2 Å². The smallest absolute Gasteiger partial charge is 0.250 e. The molecule has 5 heteroatoms. The molecule has 3 unspecified atom stereocenters. The van der Waals surface area contributed by atoms with Crippen molar-refractivity contribution in [1.82, 2.24) is 4.90 Å². The van der Waals surface area contributed by atoms with Crippen LogP contribution in [0.1, 0.15) is 50.2 Å². The van der Waals surface area contributed by atoms with Gasteiger partial charge in [0.1, 0.15) is 5.54 Å². The van der Waals surface area contributed by atoms with Gasteiger partial charge in [-0.25, -0.2) is 0 Å². The van der Waals surface area contributed by atoms with Crippen LogP contribution in [-0.4, -0.2) is 29.3 Å². The summed E-state index contributed by atoms with van der Waals surface area (Å²) >= 11 is 0. The molecule has 2 fully saturated rings. The number of benzene rings is 2. The van der Waals surface area contributed by atoms with Crippen molar-refractivity contribution in [3.05, 3.63) is 59.7 Å². The number of rotatable bonds is 3. The average molecular weight is 389 g/mol. The number of carbonyl (C=O) groups is 2. The van der Waals surface area contributed by atoms with Crippen molar-refractivity contribution in [3.8, 4) is 0 Å². The number of nitrogens with zero attached hydrogens (tertiary/aromatic N) is 1. The van der Waals surface area contributed by atoms with Crippen LogP contribution in [0.5, 0.6) is 0 Å². The first kappa shape index (κ1) is 18.4. The lowest BCUT2D eigenvalue weighted by atomic mass is 9.78. The molecule has 2 saturated heterocycles. The summed E-state index contributed by atoms with van der Waals surface area (Å²) in [5.74, 6) is -0.0769. The molecule has 5 rings (SSSR count). The van der Waals surface area contributed by atoms with Crippen LogP contribution in [-0.2, 0) is 15.1 Å². The van der Waals surface area contributed by atoms with Crippen LogP contribution in [0.3, 0.4) is 0 Å². The molecule has 3 atom stereocenters. The van der Waals surface area contributed by atoms with Gasteiger partial charge in [0.25, 0.3) is 0 Å². The highest BCUT2D eigenvalue weighted by Gasteiger charge is 2.65. The van der Waals surface area contributed by atoms with Crippen molar-refractivity contribution >= 4 is 23.2 Å². The molecule has 29 heavy (non-hydrogen) atoms. The summed E-state index contributed by atoms with van der Waals surface area (Å²) in [6.07, 6.45) is 2.84. The Morgan fingerprint density at radius 3 is 2.69 bits per heavy atom. The first-order valence-electron chi connectivity index (χ1n) is 10.6. The zero-order valence-electron chi connectivity index (χ0n) is 16.9. The fraction of sp³-hybridized carbons (Fsp3) is 0.417. The molecule has 3 aliphatic rings. The van der Waals surface area contributed by atoms with Crippen molar-refractivity contribution in [1.29, 1.82) is 0 Å².